The van der Waals surface area contributed by atoms with Gasteiger partial charge in [0.05, 0.1) is 77.7 Å². The molecule has 74 heavy (non-hydrogen) atoms. The molecule has 0 fully saturated rings. The molecule has 5 aromatic rings. The van der Waals surface area contributed by atoms with Gasteiger partial charge in [0.25, 0.3) is 52.3 Å². The second kappa shape index (κ2) is 20.5. The Morgan fingerprint density at radius 1 is 0.514 bits per heavy atom. The molecule has 0 atom stereocenters. The van der Waals surface area contributed by atoms with Gasteiger partial charge in [0, 0.05) is 12.1 Å². The Morgan fingerprint density at radius 3 is 1.18 bits per heavy atom. The molecule has 386 valence electrons. The number of hydrogen-bond acceptors (Lipinski definition) is 18. The van der Waals surface area contributed by atoms with E-state index in [2.05, 4.69) is 31.7 Å². The van der Waals surface area contributed by atoms with Gasteiger partial charge < -0.3 is 20.1 Å². The van der Waals surface area contributed by atoms with E-state index in [-0.39, 0.29) is 54.1 Å². The van der Waals surface area contributed by atoms with Gasteiger partial charge >= 0.3 is 0 Å². The molecule has 32 heteroatoms. The van der Waals surface area contributed by atoms with Crippen LogP contribution in [0.3, 0.4) is 0 Å². The monoisotopic (exact) mass is 1170 g/mol. The van der Waals surface area contributed by atoms with Crippen molar-refractivity contribution < 1.29 is 80.5 Å². The van der Waals surface area contributed by atoms with Crippen LogP contribution in [-0.4, -0.2) is 101 Å². The van der Waals surface area contributed by atoms with Crippen molar-refractivity contribution in [3.8, 4) is 11.5 Å². The molecule has 2 aliphatic carbocycles. The van der Waals surface area contributed by atoms with Gasteiger partial charge in [-0.15, -0.1) is 0 Å². The number of nitrogens with one attached hydrogen (secondary N) is 4. The summed E-state index contributed by atoms with van der Waals surface area (Å²) in [6.45, 7) is 0. The van der Waals surface area contributed by atoms with Crippen LogP contribution in [-0.2, 0) is 40.5 Å². The zero-order valence-electron chi connectivity index (χ0n) is 36.6. The summed E-state index contributed by atoms with van der Waals surface area (Å²) < 4.78 is 151. The first-order chi connectivity index (χ1) is 34.4. The number of hydrazone groups is 2. The largest absolute Gasteiger partial charge is 0.494 e. The van der Waals surface area contributed by atoms with E-state index >= 15 is 0 Å². The highest BCUT2D eigenvalue weighted by molar-refractivity contribution is 7.91. The summed E-state index contributed by atoms with van der Waals surface area (Å²) in [5.41, 5.74) is -1.94. The summed E-state index contributed by atoms with van der Waals surface area (Å²) in [5.74, 6) is -5.36. The van der Waals surface area contributed by atoms with Gasteiger partial charge in [-0.25, -0.2) is 0 Å². The van der Waals surface area contributed by atoms with E-state index in [1.807, 2.05) is 0 Å². The molecule has 0 saturated heterocycles. The molecule has 24 nitrogen and oxygen atoms in total. The molecule has 0 saturated carbocycles. The number of anilines is 4. The van der Waals surface area contributed by atoms with Crippen molar-refractivity contribution in [1.82, 2.24) is 0 Å². The first kappa shape index (κ1) is 55.0. The maximum absolute atomic E-state index is 14.3. The number of fused-ring (bicyclic) bond motifs is 2. The number of carbonyl (C=O) groups excluding carboxylic acids is 4. The van der Waals surface area contributed by atoms with Crippen LogP contribution in [0.25, 0.3) is 12.2 Å². The Bertz CT molecular complexity index is 3710. The minimum Gasteiger partial charge on any atom is -0.494 e. The number of allylic oxidation sites excluding steroid dienone is 2. The fraction of sp³-hybridized carbons (Fsp3) is 0.0476. The Hall–Kier alpha value is -6.80. The number of rotatable bonds is 14. The van der Waals surface area contributed by atoms with E-state index in [9.17, 15) is 71.1 Å². The van der Waals surface area contributed by atoms with E-state index in [1.54, 1.807) is 0 Å². The third-order valence-electron chi connectivity index (χ3n) is 10.3. The molecule has 5 aromatic carbocycles. The van der Waals surface area contributed by atoms with Crippen molar-refractivity contribution in [3.05, 3.63) is 136 Å². The van der Waals surface area contributed by atoms with Crippen LogP contribution in [0.5, 0.6) is 11.5 Å². The van der Waals surface area contributed by atoms with Gasteiger partial charge in [0.1, 0.15) is 32.7 Å². The summed E-state index contributed by atoms with van der Waals surface area (Å²) in [5, 5.41) is 11.7. The number of benzene rings is 5. The average Bonchev–Trinajstić information content (AvgIpc) is 3.30. The normalized spacial score (nSPS) is 14.9. The van der Waals surface area contributed by atoms with Gasteiger partial charge in [-0.1, -0.05) is 58.5 Å². The van der Waals surface area contributed by atoms with Crippen LogP contribution in [0.1, 0.15) is 52.6 Å². The zero-order chi connectivity index (χ0) is 54.6. The molecule has 2 aliphatic rings. The molecule has 0 bridgehead atoms. The van der Waals surface area contributed by atoms with Crippen molar-refractivity contribution in [2.75, 3.05) is 35.7 Å². The SMILES string of the molecule is COc1cc(N/N=C2/C(=O)c3c(cc(S(=O)(=O)O)cc3NC(=O)c3cccc(Cl)c3Cl)C=C2S(=O)(=O)O)c(OC)cc1N/N=C1/C(=O)c2c(cc(S(=O)(=O)O)cc2NC(=O)c2cccc(Cl)c2Cl)C=C1S(=O)(=O)O. The van der Waals surface area contributed by atoms with Crippen LogP contribution < -0.4 is 31.0 Å². The second-order valence-corrected chi connectivity index (χ2v) is 22.1. The highest BCUT2D eigenvalue weighted by atomic mass is 35.5. The third-order valence-corrected chi connectivity index (χ3v) is 15.4. The van der Waals surface area contributed by atoms with Crippen molar-refractivity contribution in [2.45, 2.75) is 9.79 Å². The van der Waals surface area contributed by atoms with Crippen LogP contribution in [0, 0.1) is 0 Å². The van der Waals surface area contributed by atoms with Crippen molar-refractivity contribution in [2.24, 2.45) is 10.2 Å². The highest BCUT2D eigenvalue weighted by Crippen LogP contribution is 2.40. The molecule has 0 spiro atoms. The summed E-state index contributed by atoms with van der Waals surface area (Å²) in [4.78, 5) is 51.1. The summed E-state index contributed by atoms with van der Waals surface area (Å²) in [7, 11) is -18.9. The number of ether oxygens (including phenoxy) is 2. The lowest BCUT2D eigenvalue weighted by atomic mass is 9.92. The second-order valence-electron chi connectivity index (χ2n) is 15.0. The fourth-order valence-electron chi connectivity index (χ4n) is 7.03. The Kier molecular flexibility index (Phi) is 15.2. The number of Topliss-reactive ketones (excluding diaryl/α,β-unsaturated/α-hetero) is 2. The first-order valence-electron chi connectivity index (χ1n) is 19.7. The number of amides is 2. The molecule has 7 rings (SSSR count). The molecule has 0 heterocycles. The fourth-order valence-corrected chi connectivity index (χ4v) is 10.2. The Morgan fingerprint density at radius 2 is 0.865 bits per heavy atom. The Labute approximate surface area is 437 Å². The van der Waals surface area contributed by atoms with Crippen LogP contribution in [0.2, 0.25) is 20.1 Å². The molecule has 0 radical (unpaired) electrons. The molecular weight excluding hydrogens is 1150 g/mol. The maximum atomic E-state index is 14.3. The lowest BCUT2D eigenvalue weighted by Crippen LogP contribution is -2.29. The van der Waals surface area contributed by atoms with Gasteiger partial charge in [-0.05, 0) is 71.8 Å². The number of hydrogen-bond donors (Lipinski definition) is 8. The highest BCUT2D eigenvalue weighted by Gasteiger charge is 2.38. The molecule has 2 amide bonds. The minimum atomic E-state index is -5.42. The molecule has 0 aromatic heterocycles. The predicted octanol–water partition coefficient (Wildman–Crippen LogP) is 7.10. The van der Waals surface area contributed by atoms with Crippen molar-refractivity contribution >= 4 is 157 Å². The topological polar surface area (TPSA) is 377 Å². The molecule has 0 aliphatic heterocycles. The van der Waals surface area contributed by atoms with E-state index in [1.165, 1.54) is 36.4 Å². The standard InChI is InChI=1S/C42H28Cl4N6O18S4/c1-69-29-15-26(50-52-38-32(74(66,67)68)12-18-10-20(72(60,61)62)14-28(34(18)40(38)54)48-42(56)22-6-4-8-24(44)36(22)46)30(70-2)16-25(29)49-51-37-31(73(63,64)65)11-17-9-19(71(57,58)59)13-27(33(17)39(37)53)47-41(55)21-5-3-7-23(43)35(21)45/h3-16,49-50H,1-2H3,(H,47,55)(H,48,56)(H,57,58,59)(H,60,61,62)(H,63,64,65)(H,66,67,68)/b51-37+,52-38+. The Balaban J connectivity index is 1.28. The van der Waals surface area contributed by atoms with Gasteiger partial charge in [-0.3, -0.25) is 48.2 Å². The number of nitrogens with zero attached hydrogens (tertiary/aromatic N) is 2. The van der Waals surface area contributed by atoms with Crippen LogP contribution >= 0.6 is 46.4 Å². The number of ketones is 2. The van der Waals surface area contributed by atoms with Gasteiger partial charge in [-0.2, -0.15) is 43.9 Å². The molecule has 0 unspecified atom stereocenters. The predicted molar refractivity (Wildman–Crippen MR) is 271 cm³/mol. The zero-order valence-corrected chi connectivity index (χ0v) is 42.9. The number of methoxy groups -OCH3 is 2. The summed E-state index contributed by atoms with van der Waals surface area (Å²) in [6.07, 6.45) is 1.24. The minimum absolute atomic E-state index is 0.0654. The van der Waals surface area contributed by atoms with E-state index in [0.717, 1.165) is 26.4 Å². The lowest BCUT2D eigenvalue weighted by Gasteiger charge is -2.21. The summed E-state index contributed by atoms with van der Waals surface area (Å²) >= 11 is 24.5. The van der Waals surface area contributed by atoms with E-state index in [0.29, 0.717) is 36.4 Å². The lowest BCUT2D eigenvalue weighted by molar-refractivity contribution is 0.101. The van der Waals surface area contributed by atoms with Crippen molar-refractivity contribution in [3.63, 3.8) is 0 Å². The molecular formula is C42H28Cl4N6O18S4. The van der Waals surface area contributed by atoms with Crippen molar-refractivity contribution in [1.29, 1.82) is 0 Å². The smallest absolute Gasteiger partial charge is 0.296 e. The van der Waals surface area contributed by atoms with E-state index in [4.69, 9.17) is 55.9 Å². The third kappa shape index (κ3) is 11.2. The quantitative estimate of drug-likeness (QED) is 0.0406. The number of carbonyl (C=O) groups is 4. The van der Waals surface area contributed by atoms with Gasteiger partial charge in [0.15, 0.2) is 11.4 Å². The number of halogens is 4. The van der Waals surface area contributed by atoms with Crippen LogP contribution in [0.4, 0.5) is 22.7 Å². The molecule has 8 N–H and O–H groups in total. The van der Waals surface area contributed by atoms with Crippen LogP contribution in [0.15, 0.2) is 103 Å². The van der Waals surface area contributed by atoms with Gasteiger partial charge in [0.2, 0.25) is 11.6 Å². The van der Waals surface area contributed by atoms with E-state index < -0.39 is 129 Å². The maximum Gasteiger partial charge on any atom is 0.296 e. The first-order valence-corrected chi connectivity index (χ1v) is 27.0. The average molecular weight is 1170 g/mol. The summed E-state index contributed by atoms with van der Waals surface area (Å²) in [6, 6.07) is 12.7.